The Bertz CT molecular complexity index is 394. The van der Waals surface area contributed by atoms with Crippen molar-refractivity contribution in [3.63, 3.8) is 0 Å². The van der Waals surface area contributed by atoms with Gasteiger partial charge in [0.2, 0.25) is 0 Å². The minimum Gasteiger partial charge on any atom is -0.481 e. The highest BCUT2D eigenvalue weighted by Crippen LogP contribution is 2.12. The monoisotopic (exact) mass is 238 g/mol. The van der Waals surface area contributed by atoms with Crippen LogP contribution in [0.4, 0.5) is 0 Å². The van der Waals surface area contributed by atoms with Crippen LogP contribution in [0, 0.1) is 0 Å². The molecule has 0 saturated carbocycles. The summed E-state index contributed by atoms with van der Waals surface area (Å²) in [5.74, 6) is -0.788. The molecule has 0 aromatic carbocycles. The molecule has 17 heavy (non-hydrogen) atoms. The average molecular weight is 238 g/mol. The maximum absolute atomic E-state index is 10.7. The van der Waals surface area contributed by atoms with Crippen molar-refractivity contribution in [3.05, 3.63) is 23.5 Å². The average Bonchev–Trinajstić information content (AvgIpc) is 2.59. The van der Waals surface area contributed by atoms with Crippen LogP contribution in [0.15, 0.2) is 12.3 Å². The van der Waals surface area contributed by atoms with E-state index < -0.39 is 5.97 Å². The van der Waals surface area contributed by atoms with Gasteiger partial charge in [-0.25, -0.2) is 0 Å². The molecule has 5 heteroatoms. The molecule has 1 fully saturated rings. The first-order valence-corrected chi connectivity index (χ1v) is 5.81. The highest BCUT2D eigenvalue weighted by molar-refractivity contribution is 5.69. The van der Waals surface area contributed by atoms with E-state index in [-0.39, 0.29) is 6.42 Å². The van der Waals surface area contributed by atoms with E-state index in [9.17, 15) is 4.79 Å². The molecule has 0 atom stereocenters. The Kier molecular flexibility index (Phi) is 3.81. The summed E-state index contributed by atoms with van der Waals surface area (Å²) in [4.78, 5) is 13.0. The lowest BCUT2D eigenvalue weighted by Crippen LogP contribution is -2.35. The summed E-state index contributed by atoms with van der Waals surface area (Å²) in [7, 11) is 1.89. The number of ether oxygens (including phenoxy) is 1. The molecule has 1 N–H and O–H groups in total. The molecule has 0 aliphatic carbocycles. The van der Waals surface area contributed by atoms with E-state index in [1.807, 2.05) is 23.9 Å². The summed E-state index contributed by atoms with van der Waals surface area (Å²) < 4.78 is 7.19. The molecule has 2 heterocycles. The van der Waals surface area contributed by atoms with Crippen LogP contribution in [-0.2, 0) is 29.5 Å². The van der Waals surface area contributed by atoms with Crippen molar-refractivity contribution >= 4 is 5.97 Å². The summed E-state index contributed by atoms with van der Waals surface area (Å²) in [6.07, 6.45) is 2.09. The Hall–Kier alpha value is -1.33. The molecule has 1 aliphatic rings. The molecular formula is C12H18N2O3. The summed E-state index contributed by atoms with van der Waals surface area (Å²) in [5.41, 5.74) is 2.02. The number of morpholine rings is 1. The second-order valence-electron chi connectivity index (χ2n) is 4.41. The van der Waals surface area contributed by atoms with Crippen molar-refractivity contribution in [1.82, 2.24) is 9.47 Å². The van der Waals surface area contributed by atoms with Crippen molar-refractivity contribution in [2.24, 2.45) is 7.05 Å². The third-order valence-corrected chi connectivity index (χ3v) is 3.01. The molecular weight excluding hydrogens is 220 g/mol. The Morgan fingerprint density at radius 3 is 2.82 bits per heavy atom. The first kappa shape index (κ1) is 12.1. The fraction of sp³-hybridized carbons (Fsp3) is 0.583. The summed E-state index contributed by atoms with van der Waals surface area (Å²) >= 11 is 0. The highest BCUT2D eigenvalue weighted by atomic mass is 16.5. The maximum Gasteiger partial charge on any atom is 0.309 e. The van der Waals surface area contributed by atoms with Crippen LogP contribution in [-0.4, -0.2) is 46.8 Å². The van der Waals surface area contributed by atoms with Gasteiger partial charge in [0.25, 0.3) is 0 Å². The van der Waals surface area contributed by atoms with E-state index in [1.165, 1.54) is 5.56 Å². The number of nitrogens with zero attached hydrogens (tertiary/aromatic N) is 2. The number of hydrogen-bond acceptors (Lipinski definition) is 3. The standard InChI is InChI=1S/C12H18N2O3/c1-13-8-10(6-11(13)7-12(15)16)9-14-2-4-17-5-3-14/h6,8H,2-5,7,9H2,1H3,(H,15,16). The summed E-state index contributed by atoms with van der Waals surface area (Å²) in [6, 6.07) is 1.98. The van der Waals surface area contributed by atoms with E-state index >= 15 is 0 Å². The van der Waals surface area contributed by atoms with Crippen LogP contribution in [0.5, 0.6) is 0 Å². The third kappa shape index (κ3) is 3.31. The molecule has 5 nitrogen and oxygen atoms in total. The van der Waals surface area contributed by atoms with Gasteiger partial charge in [-0.15, -0.1) is 0 Å². The molecule has 0 radical (unpaired) electrons. The van der Waals surface area contributed by atoms with Gasteiger partial charge >= 0.3 is 5.97 Å². The van der Waals surface area contributed by atoms with E-state index in [4.69, 9.17) is 9.84 Å². The number of carboxylic acid groups (broad SMARTS) is 1. The molecule has 94 valence electrons. The number of rotatable bonds is 4. The van der Waals surface area contributed by atoms with Gasteiger partial charge in [0.05, 0.1) is 19.6 Å². The Morgan fingerprint density at radius 2 is 2.18 bits per heavy atom. The number of aliphatic carboxylic acids is 1. The van der Waals surface area contributed by atoms with Crippen molar-refractivity contribution in [2.75, 3.05) is 26.3 Å². The van der Waals surface area contributed by atoms with Gasteiger partial charge in [0, 0.05) is 38.6 Å². The van der Waals surface area contributed by atoms with Gasteiger partial charge in [-0.3, -0.25) is 9.69 Å². The zero-order valence-electron chi connectivity index (χ0n) is 10.1. The van der Waals surface area contributed by atoms with Crippen LogP contribution in [0.2, 0.25) is 0 Å². The van der Waals surface area contributed by atoms with E-state index in [2.05, 4.69) is 4.90 Å². The number of carboxylic acids is 1. The second-order valence-corrected chi connectivity index (χ2v) is 4.41. The van der Waals surface area contributed by atoms with Crippen molar-refractivity contribution in [1.29, 1.82) is 0 Å². The normalized spacial score (nSPS) is 17.2. The fourth-order valence-corrected chi connectivity index (χ4v) is 2.12. The number of hydrogen-bond donors (Lipinski definition) is 1. The zero-order chi connectivity index (χ0) is 12.3. The third-order valence-electron chi connectivity index (χ3n) is 3.01. The summed E-state index contributed by atoms with van der Waals surface area (Å²) in [6.45, 7) is 4.34. The molecule has 0 unspecified atom stereocenters. The largest absolute Gasteiger partial charge is 0.481 e. The zero-order valence-corrected chi connectivity index (χ0v) is 10.1. The minimum atomic E-state index is -0.788. The van der Waals surface area contributed by atoms with Gasteiger partial charge in [0.15, 0.2) is 0 Å². The minimum absolute atomic E-state index is 0.0829. The predicted octanol–water partition coefficient (Wildman–Crippen LogP) is 0.484. The Morgan fingerprint density at radius 1 is 1.47 bits per heavy atom. The molecule has 0 bridgehead atoms. The molecule has 1 aromatic rings. The molecule has 0 spiro atoms. The van der Waals surface area contributed by atoms with Crippen LogP contribution < -0.4 is 0 Å². The van der Waals surface area contributed by atoms with Gasteiger partial charge in [-0.1, -0.05) is 0 Å². The van der Waals surface area contributed by atoms with Crippen LogP contribution >= 0.6 is 0 Å². The predicted molar refractivity (Wildman–Crippen MR) is 62.8 cm³/mol. The molecule has 0 amide bonds. The van der Waals surface area contributed by atoms with Crippen LogP contribution in [0.25, 0.3) is 0 Å². The van der Waals surface area contributed by atoms with Crippen molar-refractivity contribution in [3.8, 4) is 0 Å². The SMILES string of the molecule is Cn1cc(CN2CCOCC2)cc1CC(=O)O. The van der Waals surface area contributed by atoms with Crippen molar-refractivity contribution in [2.45, 2.75) is 13.0 Å². The molecule has 2 rings (SSSR count). The topological polar surface area (TPSA) is 54.7 Å². The summed E-state index contributed by atoms with van der Waals surface area (Å²) in [5, 5.41) is 8.78. The second kappa shape index (κ2) is 5.33. The molecule has 1 saturated heterocycles. The van der Waals surface area contributed by atoms with E-state index in [0.717, 1.165) is 38.5 Å². The lowest BCUT2D eigenvalue weighted by atomic mass is 10.2. The number of aromatic nitrogens is 1. The first-order chi connectivity index (χ1) is 8.15. The highest BCUT2D eigenvalue weighted by Gasteiger charge is 2.13. The lowest BCUT2D eigenvalue weighted by Gasteiger charge is -2.26. The van der Waals surface area contributed by atoms with Gasteiger partial charge in [-0.05, 0) is 11.6 Å². The van der Waals surface area contributed by atoms with E-state index in [0.29, 0.717) is 0 Å². The molecule has 1 aliphatic heterocycles. The number of carbonyl (C=O) groups is 1. The molecule has 1 aromatic heterocycles. The van der Waals surface area contributed by atoms with E-state index in [1.54, 1.807) is 0 Å². The van der Waals surface area contributed by atoms with Crippen LogP contribution in [0.1, 0.15) is 11.3 Å². The Labute approximate surface area is 101 Å². The van der Waals surface area contributed by atoms with Gasteiger partial charge in [0.1, 0.15) is 0 Å². The smallest absolute Gasteiger partial charge is 0.309 e. The number of aryl methyl sites for hydroxylation is 1. The Balaban J connectivity index is 1.98. The van der Waals surface area contributed by atoms with Crippen molar-refractivity contribution < 1.29 is 14.6 Å². The van der Waals surface area contributed by atoms with Crippen LogP contribution in [0.3, 0.4) is 0 Å². The lowest BCUT2D eigenvalue weighted by molar-refractivity contribution is -0.136. The quantitative estimate of drug-likeness (QED) is 0.829. The first-order valence-electron chi connectivity index (χ1n) is 5.81. The fourth-order valence-electron chi connectivity index (χ4n) is 2.12. The maximum atomic E-state index is 10.7. The van der Waals surface area contributed by atoms with Gasteiger partial charge in [-0.2, -0.15) is 0 Å². The van der Waals surface area contributed by atoms with Gasteiger partial charge < -0.3 is 14.4 Å².